The molecule has 0 aliphatic rings. The van der Waals surface area contributed by atoms with E-state index in [1.54, 1.807) is 0 Å². The van der Waals surface area contributed by atoms with Gasteiger partial charge in [-0.1, -0.05) is 12.5 Å². The zero-order valence-corrected chi connectivity index (χ0v) is 15.9. The van der Waals surface area contributed by atoms with Crippen molar-refractivity contribution in [2.75, 3.05) is 29.0 Å². The minimum Gasteiger partial charge on any atom is -0.397 e. The predicted molar refractivity (Wildman–Crippen MR) is 106 cm³/mol. The summed E-state index contributed by atoms with van der Waals surface area (Å²) in [7, 11) is 0. The number of benzene rings is 1. The molecule has 0 saturated carbocycles. The third kappa shape index (κ3) is 6.61. The number of carbonyl (C=O) groups is 2. The molecule has 0 aliphatic heterocycles. The molecule has 0 aromatic heterocycles. The van der Waals surface area contributed by atoms with E-state index in [0.717, 1.165) is 36.2 Å². The molecule has 1 amide bonds. The quantitative estimate of drug-likeness (QED) is 0.497. The number of nitrogens with zero attached hydrogens (tertiary/aromatic N) is 1. The lowest BCUT2D eigenvalue weighted by atomic mass is 10.0. The van der Waals surface area contributed by atoms with Crippen LogP contribution in [0, 0.1) is 0 Å². The molecule has 25 heavy (non-hydrogen) atoms. The minimum atomic E-state index is -0.153. The summed E-state index contributed by atoms with van der Waals surface area (Å²) in [4.78, 5) is 25.6. The monoisotopic (exact) mass is 345 g/mol. The summed E-state index contributed by atoms with van der Waals surface area (Å²) < 4.78 is 0. The van der Waals surface area contributed by atoms with Crippen LogP contribution in [0.2, 0.25) is 0 Å². The van der Waals surface area contributed by atoms with E-state index in [1.807, 2.05) is 19.1 Å². The molecule has 1 aromatic rings. The summed E-state index contributed by atoms with van der Waals surface area (Å²) in [5, 5.41) is 2.77. The first kappa shape index (κ1) is 20.7. The number of anilines is 3. The van der Waals surface area contributed by atoms with Gasteiger partial charge in [-0.15, -0.1) is 6.58 Å². The molecule has 0 radical (unpaired) electrons. The van der Waals surface area contributed by atoms with E-state index in [2.05, 4.69) is 30.6 Å². The second-order valence-corrected chi connectivity index (χ2v) is 6.43. The number of ketones is 1. The predicted octanol–water partition coefficient (Wildman–Crippen LogP) is 3.93. The number of aryl methyl sites for hydroxylation is 1. The van der Waals surface area contributed by atoms with Gasteiger partial charge in [0.15, 0.2) is 0 Å². The highest BCUT2D eigenvalue weighted by Crippen LogP contribution is 2.31. The summed E-state index contributed by atoms with van der Waals surface area (Å²) in [6.45, 7) is 12.8. The molecule has 5 nitrogen and oxygen atoms in total. The van der Waals surface area contributed by atoms with Crippen LogP contribution >= 0.6 is 0 Å². The Morgan fingerprint density at radius 2 is 1.84 bits per heavy atom. The number of nitrogen functional groups attached to an aromatic ring is 1. The topological polar surface area (TPSA) is 75.4 Å². The van der Waals surface area contributed by atoms with Gasteiger partial charge in [-0.2, -0.15) is 0 Å². The zero-order chi connectivity index (χ0) is 19.0. The Morgan fingerprint density at radius 1 is 1.16 bits per heavy atom. The normalized spacial score (nSPS) is 10.4. The van der Waals surface area contributed by atoms with Crippen LogP contribution in [0.3, 0.4) is 0 Å². The Balaban J connectivity index is 2.94. The minimum absolute atomic E-state index is 0.153. The highest BCUT2D eigenvalue weighted by molar-refractivity contribution is 5.93. The fourth-order valence-electron chi connectivity index (χ4n) is 2.71. The van der Waals surface area contributed by atoms with Gasteiger partial charge >= 0.3 is 0 Å². The van der Waals surface area contributed by atoms with E-state index in [1.165, 1.54) is 6.92 Å². The Bertz CT molecular complexity index is 638. The smallest absolute Gasteiger partial charge is 0.221 e. The van der Waals surface area contributed by atoms with Crippen LogP contribution in [0.1, 0.15) is 52.5 Å². The molecule has 3 N–H and O–H groups in total. The Morgan fingerprint density at radius 3 is 2.36 bits per heavy atom. The third-order valence-electron chi connectivity index (χ3n) is 4.16. The summed E-state index contributed by atoms with van der Waals surface area (Å²) in [6, 6.07) is 3.82. The molecule has 5 heteroatoms. The van der Waals surface area contributed by atoms with Crippen molar-refractivity contribution in [3.05, 3.63) is 29.8 Å². The molecule has 138 valence electrons. The molecule has 1 rings (SSSR count). The zero-order valence-electron chi connectivity index (χ0n) is 15.9. The van der Waals surface area contributed by atoms with E-state index in [9.17, 15) is 9.59 Å². The van der Waals surface area contributed by atoms with Crippen molar-refractivity contribution in [1.29, 1.82) is 0 Å². The second-order valence-electron chi connectivity index (χ2n) is 6.43. The van der Waals surface area contributed by atoms with E-state index in [0.29, 0.717) is 30.8 Å². The standard InChI is InChI=1S/C20H31N3O2/c1-6-16-12-18(21)19(22-15(5)24)13-20(16)23(7-2)11-10-17(25)9-8-14(3)4/h12-13H,3,6-11,21H2,1-2,4-5H3,(H,22,24). The van der Waals surface area contributed by atoms with Gasteiger partial charge in [0.1, 0.15) is 5.78 Å². The van der Waals surface area contributed by atoms with Crippen molar-refractivity contribution in [3.8, 4) is 0 Å². The average Bonchev–Trinajstić information content (AvgIpc) is 2.55. The Labute approximate surface area is 151 Å². The Kier molecular flexibility index (Phi) is 8.19. The molecule has 0 heterocycles. The highest BCUT2D eigenvalue weighted by atomic mass is 16.1. The van der Waals surface area contributed by atoms with Crippen LogP contribution in [0.15, 0.2) is 24.3 Å². The van der Waals surface area contributed by atoms with Gasteiger partial charge in [0.05, 0.1) is 11.4 Å². The lowest BCUT2D eigenvalue weighted by molar-refractivity contribution is -0.119. The number of nitrogens with two attached hydrogens (primary N) is 1. The number of allylic oxidation sites excluding steroid dienone is 1. The lowest BCUT2D eigenvalue weighted by Crippen LogP contribution is -2.27. The molecule has 0 unspecified atom stereocenters. The van der Waals surface area contributed by atoms with E-state index in [4.69, 9.17) is 5.73 Å². The molecule has 0 spiro atoms. The van der Waals surface area contributed by atoms with Gasteiger partial charge in [-0.25, -0.2) is 0 Å². The molecule has 0 saturated heterocycles. The lowest BCUT2D eigenvalue weighted by Gasteiger charge is -2.27. The van der Waals surface area contributed by atoms with Crippen molar-refractivity contribution >= 4 is 28.8 Å². The number of amides is 1. The van der Waals surface area contributed by atoms with Crippen LogP contribution in [0.4, 0.5) is 17.1 Å². The number of rotatable bonds is 10. The molecule has 0 bridgehead atoms. The van der Waals surface area contributed by atoms with Crippen LogP contribution in [0.25, 0.3) is 0 Å². The number of nitrogens with one attached hydrogen (secondary N) is 1. The van der Waals surface area contributed by atoms with Crippen LogP contribution in [-0.4, -0.2) is 24.8 Å². The maximum atomic E-state index is 12.1. The first-order valence-corrected chi connectivity index (χ1v) is 8.89. The van der Waals surface area contributed by atoms with Crippen LogP contribution < -0.4 is 16.0 Å². The number of hydrogen-bond acceptors (Lipinski definition) is 4. The van der Waals surface area contributed by atoms with Crippen molar-refractivity contribution in [1.82, 2.24) is 0 Å². The van der Waals surface area contributed by atoms with Gasteiger partial charge in [0.2, 0.25) is 5.91 Å². The molecule has 0 aliphatic carbocycles. The summed E-state index contributed by atoms with van der Waals surface area (Å²) in [5.41, 5.74) is 10.4. The van der Waals surface area contributed by atoms with Crippen molar-refractivity contribution < 1.29 is 9.59 Å². The van der Waals surface area contributed by atoms with E-state index >= 15 is 0 Å². The summed E-state index contributed by atoms with van der Waals surface area (Å²) in [6.07, 6.45) is 2.64. The fourth-order valence-corrected chi connectivity index (χ4v) is 2.71. The summed E-state index contributed by atoms with van der Waals surface area (Å²) >= 11 is 0. The van der Waals surface area contributed by atoms with Gasteiger partial charge in [-0.05, 0) is 44.4 Å². The van der Waals surface area contributed by atoms with Gasteiger partial charge in [-0.3, -0.25) is 9.59 Å². The molecular weight excluding hydrogens is 314 g/mol. The Hall–Kier alpha value is -2.30. The summed E-state index contributed by atoms with van der Waals surface area (Å²) in [5.74, 6) is 0.0944. The van der Waals surface area contributed by atoms with Gasteiger partial charge < -0.3 is 16.0 Å². The molecular formula is C20H31N3O2. The number of hydrogen-bond donors (Lipinski definition) is 2. The van der Waals surface area contributed by atoms with Crippen molar-refractivity contribution in [2.24, 2.45) is 0 Å². The molecule has 0 atom stereocenters. The van der Waals surface area contributed by atoms with Crippen molar-refractivity contribution in [3.63, 3.8) is 0 Å². The fraction of sp³-hybridized carbons (Fsp3) is 0.500. The van der Waals surface area contributed by atoms with Crippen molar-refractivity contribution in [2.45, 2.75) is 53.4 Å². The maximum absolute atomic E-state index is 12.1. The first-order chi connectivity index (χ1) is 11.8. The largest absolute Gasteiger partial charge is 0.397 e. The van der Waals surface area contributed by atoms with Gasteiger partial charge in [0.25, 0.3) is 0 Å². The SMILES string of the molecule is C=C(C)CCC(=O)CCN(CC)c1cc(NC(C)=O)c(N)cc1CC. The highest BCUT2D eigenvalue weighted by Gasteiger charge is 2.14. The van der Waals surface area contributed by atoms with E-state index in [-0.39, 0.29) is 11.7 Å². The molecule has 1 aromatic carbocycles. The molecule has 0 fully saturated rings. The second kappa shape index (κ2) is 9.87. The maximum Gasteiger partial charge on any atom is 0.221 e. The number of Topliss-reactive ketones (excluding diaryl/α,β-unsaturated/α-hetero) is 1. The average molecular weight is 345 g/mol. The van der Waals surface area contributed by atoms with Crippen LogP contribution in [-0.2, 0) is 16.0 Å². The van der Waals surface area contributed by atoms with E-state index < -0.39 is 0 Å². The van der Waals surface area contributed by atoms with Gasteiger partial charge in [0, 0.05) is 38.5 Å². The number of carbonyl (C=O) groups excluding carboxylic acids is 2. The van der Waals surface area contributed by atoms with Crippen LogP contribution in [0.5, 0.6) is 0 Å². The first-order valence-electron chi connectivity index (χ1n) is 8.89. The third-order valence-corrected chi connectivity index (χ3v) is 4.16.